The fourth-order valence-electron chi connectivity index (χ4n) is 0.796. The van der Waals surface area contributed by atoms with Crippen molar-refractivity contribution in [3.8, 4) is 0 Å². The van der Waals surface area contributed by atoms with Crippen molar-refractivity contribution in [2.75, 3.05) is 0 Å². The number of nitrogens with two attached hydrogens (primary N) is 1. The summed E-state index contributed by atoms with van der Waals surface area (Å²) in [6, 6.07) is 5.07. The van der Waals surface area contributed by atoms with E-state index in [-0.39, 0.29) is 18.4 Å². The van der Waals surface area contributed by atoms with E-state index in [1.807, 2.05) is 0 Å². The number of hydrogen-bond acceptors (Lipinski definition) is 3. The quantitative estimate of drug-likeness (QED) is 0.288. The molecule has 0 aromatic heterocycles. The SMILES string of the molecule is Cl.N=C(NN)N/N=C/c1ccc(Cl)c(Cl)c1. The lowest BCUT2D eigenvalue weighted by Crippen LogP contribution is -2.38. The zero-order chi connectivity index (χ0) is 11.3. The molecule has 0 radical (unpaired) electrons. The van der Waals surface area contributed by atoms with E-state index >= 15 is 0 Å². The van der Waals surface area contributed by atoms with E-state index in [9.17, 15) is 0 Å². The van der Waals surface area contributed by atoms with Crippen LogP contribution in [0.4, 0.5) is 0 Å². The smallest absolute Gasteiger partial charge is 0.223 e. The highest BCUT2D eigenvalue weighted by Gasteiger charge is 1.96. The molecule has 16 heavy (non-hydrogen) atoms. The Kier molecular flexibility index (Phi) is 6.83. The third-order valence-corrected chi connectivity index (χ3v) is 2.22. The highest BCUT2D eigenvalue weighted by atomic mass is 35.5. The van der Waals surface area contributed by atoms with Gasteiger partial charge < -0.3 is 0 Å². The summed E-state index contributed by atoms with van der Waals surface area (Å²) in [5.41, 5.74) is 5.20. The van der Waals surface area contributed by atoms with Crippen LogP contribution >= 0.6 is 35.6 Å². The van der Waals surface area contributed by atoms with E-state index in [0.717, 1.165) is 5.56 Å². The summed E-state index contributed by atoms with van der Waals surface area (Å²) in [5, 5.41) is 11.7. The van der Waals surface area contributed by atoms with Gasteiger partial charge in [0.05, 0.1) is 16.3 Å². The number of nitrogens with zero attached hydrogens (tertiary/aromatic N) is 1. The van der Waals surface area contributed by atoms with E-state index in [4.69, 9.17) is 34.5 Å². The number of hydrazine groups is 1. The van der Waals surface area contributed by atoms with Crippen LogP contribution in [0.15, 0.2) is 23.3 Å². The largest absolute Gasteiger partial charge is 0.293 e. The first kappa shape index (κ1) is 15.0. The molecule has 0 aliphatic carbocycles. The second-order valence-corrected chi connectivity index (χ2v) is 3.38. The van der Waals surface area contributed by atoms with Crippen molar-refractivity contribution < 1.29 is 0 Å². The average Bonchev–Trinajstić information content (AvgIpc) is 2.23. The molecular weight excluding hydrogens is 272 g/mol. The monoisotopic (exact) mass is 281 g/mol. The standard InChI is InChI=1S/C8H9Cl2N5.ClH/c9-6-2-1-5(3-7(6)10)4-13-15-8(11)14-12;/h1-4H,12H2,(H3,11,14,15);1H/b13-4+;. The van der Waals surface area contributed by atoms with Gasteiger partial charge in [-0.1, -0.05) is 29.3 Å². The van der Waals surface area contributed by atoms with Gasteiger partial charge in [0.15, 0.2) is 0 Å². The van der Waals surface area contributed by atoms with Crippen LogP contribution in [-0.4, -0.2) is 12.2 Å². The second kappa shape index (κ2) is 7.29. The Balaban J connectivity index is 0.00000225. The molecule has 0 heterocycles. The van der Waals surface area contributed by atoms with E-state index < -0.39 is 0 Å². The third-order valence-electron chi connectivity index (χ3n) is 1.48. The van der Waals surface area contributed by atoms with E-state index in [1.165, 1.54) is 6.21 Å². The van der Waals surface area contributed by atoms with Crippen LogP contribution in [0, 0.1) is 5.41 Å². The molecule has 5 N–H and O–H groups in total. The number of nitrogens with one attached hydrogen (secondary N) is 3. The van der Waals surface area contributed by atoms with Crippen molar-refractivity contribution in [1.82, 2.24) is 10.9 Å². The lowest BCUT2D eigenvalue weighted by Gasteiger charge is -2.00. The van der Waals surface area contributed by atoms with Gasteiger partial charge in [-0.2, -0.15) is 5.10 Å². The van der Waals surface area contributed by atoms with Crippen molar-refractivity contribution in [3.63, 3.8) is 0 Å². The van der Waals surface area contributed by atoms with Crippen LogP contribution in [0.1, 0.15) is 5.56 Å². The molecule has 0 aliphatic heterocycles. The van der Waals surface area contributed by atoms with E-state index in [2.05, 4.69) is 16.0 Å². The summed E-state index contributed by atoms with van der Waals surface area (Å²) >= 11 is 11.5. The first-order valence-corrected chi connectivity index (χ1v) is 4.68. The highest BCUT2D eigenvalue weighted by molar-refractivity contribution is 6.42. The first-order chi connectivity index (χ1) is 7.13. The molecule has 0 atom stereocenters. The predicted molar refractivity (Wildman–Crippen MR) is 69.5 cm³/mol. The summed E-state index contributed by atoms with van der Waals surface area (Å²) < 4.78 is 0. The van der Waals surface area contributed by atoms with Gasteiger partial charge in [-0.15, -0.1) is 12.4 Å². The maximum atomic E-state index is 7.07. The number of hydrazone groups is 1. The number of halogens is 3. The lowest BCUT2D eigenvalue weighted by atomic mass is 10.2. The van der Waals surface area contributed by atoms with Crippen molar-refractivity contribution in [1.29, 1.82) is 5.41 Å². The molecule has 1 aromatic rings. The minimum atomic E-state index is -0.105. The molecule has 0 spiro atoms. The van der Waals surface area contributed by atoms with Crippen LogP contribution < -0.4 is 16.7 Å². The van der Waals surface area contributed by atoms with Crippen LogP contribution in [0.25, 0.3) is 0 Å². The average molecular weight is 283 g/mol. The fraction of sp³-hybridized carbons (Fsp3) is 0. The third kappa shape index (κ3) is 4.67. The number of rotatable bonds is 2. The van der Waals surface area contributed by atoms with Gasteiger partial charge in [-0.05, 0) is 17.7 Å². The summed E-state index contributed by atoms with van der Waals surface area (Å²) in [7, 11) is 0. The van der Waals surface area contributed by atoms with Gasteiger partial charge in [0.25, 0.3) is 0 Å². The lowest BCUT2D eigenvalue weighted by molar-refractivity contribution is 0.889. The van der Waals surface area contributed by atoms with Gasteiger partial charge in [-0.25, -0.2) is 11.3 Å². The molecule has 88 valence electrons. The van der Waals surface area contributed by atoms with Crippen molar-refractivity contribution in [2.24, 2.45) is 10.9 Å². The van der Waals surface area contributed by atoms with E-state index in [1.54, 1.807) is 18.2 Å². The van der Waals surface area contributed by atoms with Crippen LogP contribution in [0.2, 0.25) is 10.0 Å². The maximum absolute atomic E-state index is 7.07. The molecule has 0 unspecified atom stereocenters. The van der Waals surface area contributed by atoms with Gasteiger partial charge >= 0.3 is 0 Å². The van der Waals surface area contributed by atoms with Crippen LogP contribution in [-0.2, 0) is 0 Å². The molecule has 0 saturated heterocycles. The number of hydrogen-bond donors (Lipinski definition) is 4. The molecular formula is C8H10Cl3N5. The molecule has 1 rings (SSSR count). The topological polar surface area (TPSA) is 86.3 Å². The summed E-state index contributed by atoms with van der Waals surface area (Å²) in [6.45, 7) is 0. The molecule has 0 aliphatic rings. The first-order valence-electron chi connectivity index (χ1n) is 3.93. The normalized spacial score (nSPS) is 9.69. The molecule has 0 fully saturated rings. The fourth-order valence-corrected chi connectivity index (χ4v) is 1.10. The summed E-state index contributed by atoms with van der Waals surface area (Å²) in [6.07, 6.45) is 1.49. The Morgan fingerprint density at radius 1 is 1.38 bits per heavy atom. The minimum absolute atomic E-state index is 0. The zero-order valence-electron chi connectivity index (χ0n) is 8.00. The minimum Gasteiger partial charge on any atom is -0.293 e. The van der Waals surface area contributed by atoms with Crippen molar-refractivity contribution in [3.05, 3.63) is 33.8 Å². The van der Waals surface area contributed by atoms with E-state index in [0.29, 0.717) is 10.0 Å². The Morgan fingerprint density at radius 3 is 2.62 bits per heavy atom. The molecule has 1 aromatic carbocycles. The van der Waals surface area contributed by atoms with Gasteiger partial charge in [-0.3, -0.25) is 10.8 Å². The predicted octanol–water partition coefficient (Wildman–Crippen LogP) is 1.74. The van der Waals surface area contributed by atoms with Crippen molar-refractivity contribution in [2.45, 2.75) is 0 Å². The van der Waals surface area contributed by atoms with Crippen LogP contribution in [0.5, 0.6) is 0 Å². The van der Waals surface area contributed by atoms with Gasteiger partial charge in [0, 0.05) is 0 Å². The Morgan fingerprint density at radius 2 is 2.06 bits per heavy atom. The molecule has 5 nitrogen and oxygen atoms in total. The Labute approximate surface area is 109 Å². The Hall–Kier alpha value is -1.01. The van der Waals surface area contributed by atoms with Crippen LogP contribution in [0.3, 0.4) is 0 Å². The van der Waals surface area contributed by atoms with Gasteiger partial charge in [0.1, 0.15) is 0 Å². The molecule has 0 bridgehead atoms. The maximum Gasteiger partial charge on any atom is 0.223 e. The molecule has 8 heteroatoms. The van der Waals surface area contributed by atoms with Crippen molar-refractivity contribution >= 4 is 47.8 Å². The highest BCUT2D eigenvalue weighted by Crippen LogP contribution is 2.21. The van der Waals surface area contributed by atoms with Gasteiger partial charge in [0.2, 0.25) is 5.96 Å². The second-order valence-electron chi connectivity index (χ2n) is 2.56. The number of benzene rings is 1. The molecule has 0 saturated carbocycles. The Bertz CT molecular complexity index is 393. The number of guanidine groups is 1. The zero-order valence-corrected chi connectivity index (χ0v) is 10.3. The summed E-state index contributed by atoms with van der Waals surface area (Å²) in [5.74, 6) is 4.84. The molecule has 0 amide bonds. The summed E-state index contributed by atoms with van der Waals surface area (Å²) in [4.78, 5) is 0.